The molecule has 24 heavy (non-hydrogen) atoms. The van der Waals surface area contributed by atoms with Crippen LogP contribution in [0.15, 0.2) is 18.3 Å². The summed E-state index contributed by atoms with van der Waals surface area (Å²) >= 11 is 0. The fourth-order valence-corrected chi connectivity index (χ4v) is 3.68. The van der Waals surface area contributed by atoms with E-state index in [4.69, 9.17) is 0 Å². The molecule has 6 heteroatoms. The number of halogens is 2. The molecule has 1 aromatic rings. The number of piperidine rings is 1. The van der Waals surface area contributed by atoms with E-state index < -0.39 is 24.2 Å². The molecule has 132 valence electrons. The second kappa shape index (κ2) is 7.13. The van der Waals surface area contributed by atoms with E-state index in [2.05, 4.69) is 16.0 Å². The number of pyridine rings is 1. The predicted octanol–water partition coefficient (Wildman–Crippen LogP) is 3.67. The Hall–Kier alpha value is -1.56. The standard InChI is InChI=1S/C18H24F2N2O2/c19-16(20)10-18(17(23)24)6-8-22(9-7-18)12-15-5-4-14(11-21-15)13-2-1-3-13/h4-5,11,13,16H,1-3,6-10,12H2,(H,23,24). The highest BCUT2D eigenvalue weighted by atomic mass is 19.3. The second-order valence-electron chi connectivity index (χ2n) is 7.17. The first kappa shape index (κ1) is 17.3. The van der Waals surface area contributed by atoms with E-state index in [0.29, 0.717) is 25.6 Å². The molecule has 1 aliphatic carbocycles. The van der Waals surface area contributed by atoms with Gasteiger partial charge in [0.1, 0.15) is 0 Å². The van der Waals surface area contributed by atoms with Crippen LogP contribution in [0.5, 0.6) is 0 Å². The zero-order valence-electron chi connectivity index (χ0n) is 13.8. The molecule has 1 saturated carbocycles. The quantitative estimate of drug-likeness (QED) is 0.860. The molecule has 0 aromatic carbocycles. The lowest BCUT2D eigenvalue weighted by Gasteiger charge is -2.38. The Labute approximate surface area is 140 Å². The van der Waals surface area contributed by atoms with Crippen LogP contribution < -0.4 is 0 Å². The molecular weight excluding hydrogens is 314 g/mol. The van der Waals surface area contributed by atoms with E-state index in [9.17, 15) is 18.7 Å². The molecule has 2 aliphatic rings. The van der Waals surface area contributed by atoms with Crippen molar-refractivity contribution < 1.29 is 18.7 Å². The van der Waals surface area contributed by atoms with Crippen molar-refractivity contribution in [3.8, 4) is 0 Å². The number of aromatic nitrogens is 1. The minimum absolute atomic E-state index is 0.271. The van der Waals surface area contributed by atoms with Crippen LogP contribution in [0.4, 0.5) is 8.78 Å². The number of nitrogens with zero attached hydrogens (tertiary/aromatic N) is 2. The molecule has 0 unspecified atom stereocenters. The van der Waals surface area contributed by atoms with Crippen molar-refractivity contribution in [2.45, 2.75) is 57.4 Å². The average molecular weight is 338 g/mol. The lowest BCUT2D eigenvalue weighted by molar-refractivity contribution is -0.155. The van der Waals surface area contributed by atoms with Crippen LogP contribution in [0.3, 0.4) is 0 Å². The van der Waals surface area contributed by atoms with Crippen LogP contribution in [0.2, 0.25) is 0 Å². The number of aliphatic carboxylic acids is 1. The zero-order valence-corrected chi connectivity index (χ0v) is 13.8. The van der Waals surface area contributed by atoms with Gasteiger partial charge < -0.3 is 5.11 Å². The number of carboxylic acid groups (broad SMARTS) is 1. The fourth-order valence-electron chi connectivity index (χ4n) is 3.68. The van der Waals surface area contributed by atoms with Crippen molar-refractivity contribution in [2.24, 2.45) is 5.41 Å². The summed E-state index contributed by atoms with van der Waals surface area (Å²) < 4.78 is 25.4. The maximum absolute atomic E-state index is 12.7. The normalized spacial score (nSPS) is 21.6. The van der Waals surface area contributed by atoms with Crippen LogP contribution in [0.25, 0.3) is 0 Å². The first-order valence-corrected chi connectivity index (χ1v) is 8.67. The Bertz CT molecular complexity index is 565. The lowest BCUT2D eigenvalue weighted by Crippen LogP contribution is -2.45. The summed E-state index contributed by atoms with van der Waals surface area (Å²) in [4.78, 5) is 18.1. The summed E-state index contributed by atoms with van der Waals surface area (Å²) in [5.41, 5.74) is 0.979. The van der Waals surface area contributed by atoms with Gasteiger partial charge in [-0.2, -0.15) is 0 Å². The summed E-state index contributed by atoms with van der Waals surface area (Å²) in [5.74, 6) is -0.433. The maximum atomic E-state index is 12.7. The van der Waals surface area contributed by atoms with Gasteiger partial charge in [-0.25, -0.2) is 8.78 Å². The number of rotatable bonds is 6. The number of hydrogen-bond acceptors (Lipinski definition) is 3. The molecule has 1 aromatic heterocycles. The van der Waals surface area contributed by atoms with Crippen molar-refractivity contribution in [3.63, 3.8) is 0 Å². The first-order valence-electron chi connectivity index (χ1n) is 8.67. The first-order chi connectivity index (χ1) is 11.5. The highest BCUT2D eigenvalue weighted by molar-refractivity contribution is 5.74. The van der Waals surface area contributed by atoms with E-state index in [1.807, 2.05) is 12.3 Å². The van der Waals surface area contributed by atoms with E-state index in [-0.39, 0.29) is 12.8 Å². The number of carboxylic acids is 1. The van der Waals surface area contributed by atoms with E-state index in [1.165, 1.54) is 24.8 Å². The monoisotopic (exact) mass is 338 g/mol. The molecule has 0 radical (unpaired) electrons. The highest BCUT2D eigenvalue weighted by Crippen LogP contribution is 2.38. The Kier molecular flexibility index (Phi) is 5.13. The molecule has 3 rings (SSSR count). The smallest absolute Gasteiger partial charge is 0.309 e. The van der Waals surface area contributed by atoms with Gasteiger partial charge in [-0.1, -0.05) is 12.5 Å². The molecule has 1 aliphatic heterocycles. The lowest BCUT2D eigenvalue weighted by atomic mass is 9.75. The number of alkyl halides is 2. The molecule has 0 spiro atoms. The average Bonchev–Trinajstić information content (AvgIpc) is 2.49. The van der Waals surface area contributed by atoms with Gasteiger partial charge in [-0.3, -0.25) is 14.7 Å². The molecule has 1 saturated heterocycles. The summed E-state index contributed by atoms with van der Waals surface area (Å²) in [5, 5.41) is 9.36. The Morgan fingerprint density at radius 3 is 2.50 bits per heavy atom. The third-order valence-corrected chi connectivity index (χ3v) is 5.62. The van der Waals surface area contributed by atoms with Gasteiger partial charge in [-0.05, 0) is 56.3 Å². The van der Waals surface area contributed by atoms with Gasteiger partial charge in [0.15, 0.2) is 0 Å². The molecular formula is C18H24F2N2O2. The van der Waals surface area contributed by atoms with Crippen LogP contribution in [0, 0.1) is 5.41 Å². The van der Waals surface area contributed by atoms with E-state index in [0.717, 1.165) is 5.69 Å². The number of carbonyl (C=O) groups is 1. The number of hydrogen-bond donors (Lipinski definition) is 1. The second-order valence-corrected chi connectivity index (χ2v) is 7.17. The molecule has 1 N–H and O–H groups in total. The summed E-state index contributed by atoms with van der Waals surface area (Å²) in [6, 6.07) is 4.17. The largest absolute Gasteiger partial charge is 0.481 e. The van der Waals surface area contributed by atoms with Crippen molar-refractivity contribution in [3.05, 3.63) is 29.6 Å². The van der Waals surface area contributed by atoms with Crippen LogP contribution >= 0.6 is 0 Å². The van der Waals surface area contributed by atoms with Gasteiger partial charge in [-0.15, -0.1) is 0 Å². The Morgan fingerprint density at radius 1 is 1.33 bits per heavy atom. The fraction of sp³-hybridized carbons (Fsp3) is 0.667. The molecule has 2 heterocycles. The predicted molar refractivity (Wildman–Crippen MR) is 86.0 cm³/mol. The van der Waals surface area contributed by atoms with Crippen molar-refractivity contribution in [2.75, 3.05) is 13.1 Å². The van der Waals surface area contributed by atoms with Gasteiger partial charge >= 0.3 is 5.97 Å². The van der Waals surface area contributed by atoms with Crippen molar-refractivity contribution in [1.82, 2.24) is 9.88 Å². The van der Waals surface area contributed by atoms with Gasteiger partial charge in [0, 0.05) is 19.2 Å². The Balaban J connectivity index is 1.55. The molecule has 4 nitrogen and oxygen atoms in total. The van der Waals surface area contributed by atoms with Gasteiger partial charge in [0.2, 0.25) is 6.43 Å². The summed E-state index contributed by atoms with van der Waals surface area (Å²) in [6.45, 7) is 1.69. The van der Waals surface area contributed by atoms with Gasteiger partial charge in [0.25, 0.3) is 0 Å². The van der Waals surface area contributed by atoms with Crippen molar-refractivity contribution in [1.29, 1.82) is 0 Å². The van der Waals surface area contributed by atoms with Crippen LogP contribution in [0.1, 0.15) is 55.7 Å². The van der Waals surface area contributed by atoms with Crippen LogP contribution in [-0.4, -0.2) is 40.5 Å². The SMILES string of the molecule is O=C(O)C1(CC(F)F)CCN(Cc2ccc(C3CCC3)cn2)CC1. The van der Waals surface area contributed by atoms with Crippen LogP contribution in [-0.2, 0) is 11.3 Å². The molecule has 2 fully saturated rings. The van der Waals surface area contributed by atoms with Gasteiger partial charge in [0.05, 0.1) is 11.1 Å². The maximum Gasteiger partial charge on any atom is 0.309 e. The third kappa shape index (κ3) is 3.74. The highest BCUT2D eigenvalue weighted by Gasteiger charge is 2.43. The van der Waals surface area contributed by atoms with E-state index in [1.54, 1.807) is 0 Å². The minimum Gasteiger partial charge on any atom is -0.481 e. The topological polar surface area (TPSA) is 53.4 Å². The Morgan fingerprint density at radius 2 is 2.04 bits per heavy atom. The molecule has 0 atom stereocenters. The molecule has 0 bridgehead atoms. The van der Waals surface area contributed by atoms with Crippen molar-refractivity contribution >= 4 is 5.97 Å². The molecule has 0 amide bonds. The zero-order chi connectivity index (χ0) is 17.2. The minimum atomic E-state index is -2.58. The van der Waals surface area contributed by atoms with E-state index >= 15 is 0 Å². The third-order valence-electron chi connectivity index (χ3n) is 5.62. The number of likely N-dealkylation sites (tertiary alicyclic amines) is 1. The summed E-state index contributed by atoms with van der Waals surface area (Å²) in [6.07, 6.45) is 3.15. The summed E-state index contributed by atoms with van der Waals surface area (Å²) in [7, 11) is 0.